The van der Waals surface area contributed by atoms with Crippen molar-refractivity contribution in [3.05, 3.63) is 59.2 Å². The summed E-state index contributed by atoms with van der Waals surface area (Å²) in [7, 11) is 0. The van der Waals surface area contributed by atoms with Crippen molar-refractivity contribution in [2.75, 3.05) is 13.1 Å². The maximum atomic E-state index is 10.5. The minimum Gasteiger partial charge on any atom is -0.392 e. The van der Waals surface area contributed by atoms with Crippen LogP contribution >= 0.6 is 0 Å². The van der Waals surface area contributed by atoms with Gasteiger partial charge < -0.3 is 10.4 Å². The third-order valence-electron chi connectivity index (χ3n) is 6.59. The average molecular weight is 382 g/mol. The molecule has 0 aliphatic heterocycles. The molecule has 3 rings (SSSR count). The van der Waals surface area contributed by atoms with Gasteiger partial charge in [-0.3, -0.25) is 0 Å². The molecule has 0 bridgehead atoms. The molecular weight excluding hydrogens is 342 g/mol. The summed E-state index contributed by atoms with van der Waals surface area (Å²) in [6, 6.07) is 8.79. The standard InChI is InChI=1S/C26H39NO/c1-3-27-15-8-4-5-12-22-17-23-19-26(28)24(25(23)18-22)14-7-6-11-21-13-9-10-20(2)16-21/h7,9-10,13-14,16-17,23-28H,3-6,8,11-12,15,18-19H2,1-2H3/t23-,24+,25-,26+/m0/s1. The van der Waals surface area contributed by atoms with Gasteiger partial charge in [0, 0.05) is 5.92 Å². The van der Waals surface area contributed by atoms with Crippen LogP contribution in [0.15, 0.2) is 48.1 Å². The molecule has 0 spiro atoms. The second-order valence-corrected chi connectivity index (χ2v) is 8.86. The average Bonchev–Trinajstić information content (AvgIpc) is 3.19. The first-order chi connectivity index (χ1) is 13.7. The molecule has 4 atom stereocenters. The van der Waals surface area contributed by atoms with Gasteiger partial charge in [0.25, 0.3) is 0 Å². The molecule has 0 radical (unpaired) electrons. The van der Waals surface area contributed by atoms with Crippen LogP contribution in [0.4, 0.5) is 0 Å². The van der Waals surface area contributed by atoms with Crippen LogP contribution in [0.1, 0.15) is 63.0 Å². The van der Waals surface area contributed by atoms with E-state index in [4.69, 9.17) is 0 Å². The van der Waals surface area contributed by atoms with E-state index in [-0.39, 0.29) is 6.10 Å². The smallest absolute Gasteiger partial charge is 0.0611 e. The first-order valence-electron chi connectivity index (χ1n) is 11.5. The number of aliphatic hydroxyl groups is 1. The molecule has 2 nitrogen and oxygen atoms in total. The van der Waals surface area contributed by atoms with Crippen LogP contribution in [-0.2, 0) is 6.42 Å². The Hall–Kier alpha value is -1.38. The van der Waals surface area contributed by atoms with Gasteiger partial charge >= 0.3 is 0 Å². The summed E-state index contributed by atoms with van der Waals surface area (Å²) in [5.41, 5.74) is 4.40. The van der Waals surface area contributed by atoms with E-state index in [0.29, 0.717) is 17.8 Å². The van der Waals surface area contributed by atoms with Gasteiger partial charge in [0.05, 0.1) is 6.10 Å². The van der Waals surface area contributed by atoms with Crippen LogP contribution in [0.2, 0.25) is 0 Å². The first-order valence-corrected chi connectivity index (χ1v) is 11.5. The van der Waals surface area contributed by atoms with E-state index in [1.807, 2.05) is 0 Å². The number of aliphatic hydroxyl groups excluding tert-OH is 1. The van der Waals surface area contributed by atoms with Crippen LogP contribution in [0, 0.1) is 24.7 Å². The lowest BCUT2D eigenvalue weighted by atomic mass is 9.88. The molecule has 0 aromatic heterocycles. The van der Waals surface area contributed by atoms with Crippen LogP contribution < -0.4 is 5.32 Å². The van der Waals surface area contributed by atoms with Crippen molar-refractivity contribution in [2.45, 2.75) is 71.3 Å². The van der Waals surface area contributed by atoms with Gasteiger partial charge in [-0.25, -0.2) is 0 Å². The monoisotopic (exact) mass is 381 g/mol. The van der Waals surface area contributed by atoms with Crippen molar-refractivity contribution in [2.24, 2.45) is 17.8 Å². The molecule has 28 heavy (non-hydrogen) atoms. The fourth-order valence-electron chi connectivity index (χ4n) is 5.12. The van der Waals surface area contributed by atoms with Crippen molar-refractivity contribution in [1.29, 1.82) is 0 Å². The number of hydrogen-bond donors (Lipinski definition) is 2. The van der Waals surface area contributed by atoms with Gasteiger partial charge in [-0.2, -0.15) is 0 Å². The molecule has 2 aliphatic carbocycles. The SMILES string of the molecule is CCNCCCCCC1=C[C@H]2C[C@@H](O)[C@H](C=CCCc3cccc(C)c3)[C@H]2C1. The molecule has 1 aromatic rings. The van der Waals surface area contributed by atoms with Crippen molar-refractivity contribution >= 4 is 0 Å². The van der Waals surface area contributed by atoms with E-state index < -0.39 is 0 Å². The molecule has 0 heterocycles. The molecule has 1 fully saturated rings. The number of allylic oxidation sites excluding steroid dienone is 3. The van der Waals surface area contributed by atoms with Crippen LogP contribution in [0.3, 0.4) is 0 Å². The topological polar surface area (TPSA) is 32.3 Å². The molecular formula is C26H39NO. The second-order valence-electron chi connectivity index (χ2n) is 8.86. The number of nitrogens with one attached hydrogen (secondary N) is 1. The highest BCUT2D eigenvalue weighted by Crippen LogP contribution is 2.48. The van der Waals surface area contributed by atoms with Crippen molar-refractivity contribution in [1.82, 2.24) is 5.32 Å². The van der Waals surface area contributed by atoms with Crippen LogP contribution in [0.25, 0.3) is 0 Å². The highest BCUT2D eigenvalue weighted by Gasteiger charge is 2.42. The quantitative estimate of drug-likeness (QED) is 0.386. The van der Waals surface area contributed by atoms with Crippen LogP contribution in [0.5, 0.6) is 0 Å². The Labute approximate surface area is 172 Å². The number of aryl methyl sites for hydroxylation is 2. The Balaban J connectivity index is 1.41. The van der Waals surface area contributed by atoms with Gasteiger partial charge in [-0.1, -0.05) is 67.0 Å². The third-order valence-corrected chi connectivity index (χ3v) is 6.59. The minimum atomic E-state index is -0.150. The largest absolute Gasteiger partial charge is 0.392 e. The second kappa shape index (κ2) is 11.0. The van der Waals surface area contributed by atoms with Gasteiger partial charge in [0.1, 0.15) is 0 Å². The molecule has 154 valence electrons. The zero-order chi connectivity index (χ0) is 19.8. The molecule has 2 heteroatoms. The van der Waals surface area contributed by atoms with E-state index in [1.54, 1.807) is 5.57 Å². The molecule has 1 aromatic carbocycles. The zero-order valence-electron chi connectivity index (χ0n) is 17.9. The van der Waals surface area contributed by atoms with Crippen LogP contribution in [-0.4, -0.2) is 24.3 Å². The molecule has 0 amide bonds. The minimum absolute atomic E-state index is 0.150. The third kappa shape index (κ3) is 6.06. The molecule has 2 N–H and O–H groups in total. The maximum Gasteiger partial charge on any atom is 0.0611 e. The summed E-state index contributed by atoms with van der Waals surface area (Å²) in [4.78, 5) is 0. The van der Waals surface area contributed by atoms with E-state index in [2.05, 4.69) is 61.7 Å². The lowest BCUT2D eigenvalue weighted by molar-refractivity contribution is 0.141. The highest BCUT2D eigenvalue weighted by atomic mass is 16.3. The Kier molecular flexibility index (Phi) is 8.36. The number of fused-ring (bicyclic) bond motifs is 1. The summed E-state index contributed by atoms with van der Waals surface area (Å²) in [5, 5.41) is 14.0. The predicted molar refractivity (Wildman–Crippen MR) is 119 cm³/mol. The predicted octanol–water partition coefficient (Wildman–Crippen LogP) is 5.60. The molecule has 0 unspecified atom stereocenters. The fourth-order valence-corrected chi connectivity index (χ4v) is 5.12. The Morgan fingerprint density at radius 2 is 2.07 bits per heavy atom. The van der Waals surface area contributed by atoms with Crippen molar-refractivity contribution in [3.63, 3.8) is 0 Å². The lowest BCUT2D eigenvalue weighted by Crippen LogP contribution is -2.17. The van der Waals surface area contributed by atoms with E-state index >= 15 is 0 Å². The first kappa shape index (κ1) is 21.3. The Morgan fingerprint density at radius 1 is 1.18 bits per heavy atom. The van der Waals surface area contributed by atoms with Gasteiger partial charge in [-0.05, 0) is 82.4 Å². The summed E-state index contributed by atoms with van der Waals surface area (Å²) in [6.45, 7) is 6.56. The maximum absolute atomic E-state index is 10.5. The summed E-state index contributed by atoms with van der Waals surface area (Å²) in [6.07, 6.45) is 16.5. The van der Waals surface area contributed by atoms with Crippen molar-refractivity contribution < 1.29 is 5.11 Å². The normalized spacial score (nSPS) is 26.8. The molecule has 2 aliphatic rings. The number of benzene rings is 1. The summed E-state index contributed by atoms with van der Waals surface area (Å²) >= 11 is 0. The highest BCUT2D eigenvalue weighted by molar-refractivity contribution is 5.23. The molecule has 0 saturated heterocycles. The van der Waals surface area contributed by atoms with E-state index in [9.17, 15) is 5.11 Å². The lowest BCUT2D eigenvalue weighted by Gasteiger charge is -2.18. The van der Waals surface area contributed by atoms with E-state index in [0.717, 1.165) is 32.4 Å². The Bertz CT molecular complexity index is 662. The fraction of sp³-hybridized carbons (Fsp3) is 0.615. The molecule has 1 saturated carbocycles. The van der Waals surface area contributed by atoms with Crippen molar-refractivity contribution in [3.8, 4) is 0 Å². The summed E-state index contributed by atoms with van der Waals surface area (Å²) < 4.78 is 0. The number of hydrogen-bond acceptors (Lipinski definition) is 2. The Morgan fingerprint density at radius 3 is 2.89 bits per heavy atom. The van der Waals surface area contributed by atoms with Gasteiger partial charge in [0.15, 0.2) is 0 Å². The number of unbranched alkanes of at least 4 members (excludes halogenated alkanes) is 2. The van der Waals surface area contributed by atoms with E-state index in [1.165, 1.54) is 43.2 Å². The number of rotatable bonds is 11. The van der Waals surface area contributed by atoms with Gasteiger partial charge in [-0.15, -0.1) is 0 Å². The summed E-state index contributed by atoms with van der Waals surface area (Å²) in [5.74, 6) is 1.60. The van der Waals surface area contributed by atoms with Gasteiger partial charge in [0.2, 0.25) is 0 Å². The zero-order valence-corrected chi connectivity index (χ0v) is 17.9.